The number of hydrogen-bond acceptors (Lipinski definition) is 5. The van der Waals surface area contributed by atoms with Crippen LogP contribution < -0.4 is 5.32 Å². The number of hydrogen-bond donors (Lipinski definition) is 1. The van der Waals surface area contributed by atoms with Crippen molar-refractivity contribution < 1.29 is 4.52 Å². The van der Waals surface area contributed by atoms with E-state index in [-0.39, 0.29) is 23.4 Å². The van der Waals surface area contributed by atoms with E-state index in [1.54, 1.807) is 0 Å². The molecule has 0 atom stereocenters. The molecule has 0 amide bonds. The van der Waals surface area contributed by atoms with Crippen LogP contribution in [0.15, 0.2) is 23.0 Å². The van der Waals surface area contributed by atoms with Crippen molar-refractivity contribution in [1.82, 2.24) is 25.2 Å². The molecule has 3 heterocycles. The number of aromatic nitrogens is 4. The summed E-state index contributed by atoms with van der Waals surface area (Å²) in [5.74, 6) is 4.44. The van der Waals surface area contributed by atoms with Gasteiger partial charge in [-0.25, -0.2) is 0 Å². The molecule has 7 rings (SSSR count). The quantitative estimate of drug-likeness (QED) is 0.872. The van der Waals surface area contributed by atoms with Gasteiger partial charge in [-0.2, -0.15) is 10.1 Å². The fourth-order valence-corrected chi connectivity index (χ4v) is 6.92. The number of halogens is 1. The van der Waals surface area contributed by atoms with Crippen LogP contribution in [0, 0.1) is 17.8 Å². The van der Waals surface area contributed by atoms with E-state index in [0.717, 1.165) is 55.4 Å². The highest BCUT2D eigenvalue weighted by Crippen LogP contribution is 2.60. The van der Waals surface area contributed by atoms with Crippen LogP contribution in [0.1, 0.15) is 63.1 Å². The van der Waals surface area contributed by atoms with Crippen molar-refractivity contribution in [3.63, 3.8) is 0 Å². The normalized spacial score (nSPS) is 36.5. The van der Waals surface area contributed by atoms with Crippen molar-refractivity contribution in [2.24, 2.45) is 17.8 Å². The van der Waals surface area contributed by atoms with Gasteiger partial charge in [0.15, 0.2) is 5.82 Å². The van der Waals surface area contributed by atoms with Crippen LogP contribution in [0.2, 0.25) is 0 Å². The Kier molecular flexibility index (Phi) is 4.13. The first-order chi connectivity index (χ1) is 12.8. The molecular formula is C20H28ClN5O. The van der Waals surface area contributed by atoms with E-state index in [4.69, 9.17) is 9.51 Å². The second-order valence-electron chi connectivity index (χ2n) is 9.35. The lowest BCUT2D eigenvalue weighted by atomic mass is 9.49. The van der Waals surface area contributed by atoms with E-state index in [0.29, 0.717) is 0 Å². The smallest absolute Gasteiger partial charge is 0.254 e. The molecule has 0 spiro atoms. The Labute approximate surface area is 165 Å². The van der Waals surface area contributed by atoms with Crippen molar-refractivity contribution in [1.29, 1.82) is 0 Å². The predicted molar refractivity (Wildman–Crippen MR) is 103 cm³/mol. The van der Waals surface area contributed by atoms with Crippen LogP contribution in [-0.2, 0) is 11.0 Å². The molecule has 1 saturated heterocycles. The standard InChI is InChI=1S/C20H27N5O.ClH/c1-4-22-25(7-1)20(2-5-21-6-3-20)18-23-17(24-26-18)19-11-14-8-15(12-19)10-16(9-14)13-19;/h1,4,7,14-16,21H,2-3,5-6,8-13H2;1H. The molecule has 4 saturated carbocycles. The summed E-state index contributed by atoms with van der Waals surface area (Å²) in [5, 5.41) is 12.6. The van der Waals surface area contributed by atoms with Gasteiger partial charge < -0.3 is 9.84 Å². The SMILES string of the molecule is Cl.c1cnn(C2(c3nc(C45CC6CC(CC(C6)C4)C5)no3)CCNCC2)c1. The first-order valence-corrected chi connectivity index (χ1v) is 10.3. The lowest BCUT2D eigenvalue weighted by Gasteiger charge is -2.55. The molecule has 5 fully saturated rings. The number of nitrogens with one attached hydrogen (secondary N) is 1. The minimum Gasteiger partial charge on any atom is -0.337 e. The molecule has 0 unspecified atom stereocenters. The first kappa shape index (κ1) is 17.7. The highest BCUT2D eigenvalue weighted by Gasteiger charge is 2.54. The summed E-state index contributed by atoms with van der Waals surface area (Å²) < 4.78 is 8.02. The maximum absolute atomic E-state index is 5.97. The van der Waals surface area contributed by atoms with Crippen molar-refractivity contribution in [2.75, 3.05) is 13.1 Å². The molecule has 5 aliphatic rings. The molecule has 1 aliphatic heterocycles. The lowest BCUT2D eigenvalue weighted by molar-refractivity contribution is -0.0103. The van der Waals surface area contributed by atoms with Crippen LogP contribution in [-0.4, -0.2) is 33.0 Å². The van der Waals surface area contributed by atoms with Gasteiger partial charge in [0.25, 0.3) is 5.89 Å². The Hall–Kier alpha value is -1.40. The zero-order valence-corrected chi connectivity index (χ0v) is 16.5. The molecule has 0 radical (unpaired) electrons. The van der Waals surface area contributed by atoms with E-state index >= 15 is 0 Å². The van der Waals surface area contributed by atoms with Crippen LogP contribution in [0.5, 0.6) is 0 Å². The molecule has 2 aromatic rings. The minimum absolute atomic E-state index is 0. The van der Waals surface area contributed by atoms with E-state index < -0.39 is 0 Å². The average molecular weight is 390 g/mol. The molecule has 4 bridgehead atoms. The third kappa shape index (κ3) is 2.59. The van der Waals surface area contributed by atoms with Crippen molar-refractivity contribution in [3.05, 3.63) is 30.2 Å². The molecule has 146 valence electrons. The number of rotatable bonds is 3. The minimum atomic E-state index is -0.289. The average Bonchev–Trinajstić information content (AvgIpc) is 3.34. The Morgan fingerprint density at radius 3 is 2.30 bits per heavy atom. The van der Waals surface area contributed by atoms with Gasteiger partial charge in [0.05, 0.1) is 0 Å². The summed E-state index contributed by atoms with van der Waals surface area (Å²) in [6.45, 7) is 1.91. The topological polar surface area (TPSA) is 68.8 Å². The maximum atomic E-state index is 5.97. The van der Waals surface area contributed by atoms with Gasteiger partial charge in [0.2, 0.25) is 0 Å². The van der Waals surface area contributed by atoms with E-state index in [9.17, 15) is 0 Å². The molecular weight excluding hydrogens is 362 g/mol. The molecule has 7 heteroatoms. The number of piperidine rings is 1. The largest absolute Gasteiger partial charge is 0.337 e. The van der Waals surface area contributed by atoms with Gasteiger partial charge in [-0.15, -0.1) is 12.4 Å². The fraction of sp³-hybridized carbons (Fsp3) is 0.750. The summed E-state index contributed by atoms with van der Waals surface area (Å²) in [6.07, 6.45) is 13.9. The van der Waals surface area contributed by atoms with Gasteiger partial charge in [-0.05, 0) is 88.3 Å². The molecule has 2 aromatic heterocycles. The lowest BCUT2D eigenvalue weighted by Crippen LogP contribution is -2.49. The van der Waals surface area contributed by atoms with Crippen molar-refractivity contribution in [3.8, 4) is 0 Å². The summed E-state index contributed by atoms with van der Waals surface area (Å²) in [6, 6.07) is 1.99. The molecule has 6 nitrogen and oxygen atoms in total. The van der Waals surface area contributed by atoms with E-state index in [1.165, 1.54) is 38.5 Å². The third-order valence-corrected chi connectivity index (χ3v) is 7.71. The van der Waals surface area contributed by atoms with E-state index in [1.807, 2.05) is 23.1 Å². The molecule has 4 aliphatic carbocycles. The fourth-order valence-electron chi connectivity index (χ4n) is 6.92. The highest BCUT2D eigenvalue weighted by atomic mass is 35.5. The Morgan fingerprint density at radius 2 is 1.70 bits per heavy atom. The molecule has 1 N–H and O–H groups in total. The maximum Gasteiger partial charge on any atom is 0.254 e. The van der Waals surface area contributed by atoms with Crippen LogP contribution in [0.25, 0.3) is 0 Å². The van der Waals surface area contributed by atoms with Gasteiger partial charge in [-0.3, -0.25) is 4.68 Å². The zero-order valence-electron chi connectivity index (χ0n) is 15.6. The summed E-state index contributed by atoms with van der Waals surface area (Å²) in [4.78, 5) is 5.09. The van der Waals surface area contributed by atoms with Crippen molar-refractivity contribution >= 4 is 12.4 Å². The Morgan fingerprint density at radius 1 is 1.04 bits per heavy atom. The molecule has 27 heavy (non-hydrogen) atoms. The zero-order chi connectivity index (χ0) is 17.2. The highest BCUT2D eigenvalue weighted by molar-refractivity contribution is 5.85. The number of nitrogens with zero attached hydrogens (tertiary/aromatic N) is 4. The van der Waals surface area contributed by atoms with Gasteiger partial charge in [0, 0.05) is 17.8 Å². The Balaban J connectivity index is 0.00000160. The van der Waals surface area contributed by atoms with E-state index in [2.05, 4.69) is 15.6 Å². The third-order valence-electron chi connectivity index (χ3n) is 7.71. The van der Waals surface area contributed by atoms with Crippen LogP contribution in [0.4, 0.5) is 0 Å². The van der Waals surface area contributed by atoms with Crippen LogP contribution in [0.3, 0.4) is 0 Å². The first-order valence-electron chi connectivity index (χ1n) is 10.3. The Bertz CT molecular complexity index is 760. The summed E-state index contributed by atoms with van der Waals surface area (Å²) >= 11 is 0. The summed E-state index contributed by atoms with van der Waals surface area (Å²) in [7, 11) is 0. The van der Waals surface area contributed by atoms with Gasteiger partial charge in [-0.1, -0.05) is 5.16 Å². The van der Waals surface area contributed by atoms with Crippen LogP contribution >= 0.6 is 12.4 Å². The van der Waals surface area contributed by atoms with Crippen molar-refractivity contribution in [2.45, 2.75) is 62.3 Å². The van der Waals surface area contributed by atoms with Gasteiger partial charge >= 0.3 is 0 Å². The second-order valence-corrected chi connectivity index (χ2v) is 9.35. The molecule has 0 aromatic carbocycles. The second kappa shape index (κ2) is 6.31. The monoisotopic (exact) mass is 389 g/mol. The predicted octanol–water partition coefficient (Wildman–Crippen LogP) is 3.28. The van der Waals surface area contributed by atoms with Gasteiger partial charge in [0.1, 0.15) is 5.54 Å². The summed E-state index contributed by atoms with van der Waals surface area (Å²) in [5.41, 5.74) is -0.100.